The molecule has 0 nitrogen and oxygen atoms in total. The molecule has 0 bridgehead atoms. The topological polar surface area (TPSA) is 0 Å². The third-order valence-corrected chi connectivity index (χ3v) is 0.500. The molecule has 0 rings (SSSR count). The van der Waals surface area contributed by atoms with Crippen molar-refractivity contribution in [1.29, 1.82) is 0 Å². The molecular formula is C14H36. The fraction of sp³-hybridized carbons (Fsp3) is 0.857. The number of hydrogen-bond acceptors (Lipinski definition) is 0. The first kappa shape index (κ1) is 29.2. The van der Waals surface area contributed by atoms with Gasteiger partial charge in [0, 0.05) is 0 Å². The molecule has 0 heteroatoms. The van der Waals surface area contributed by atoms with Crippen LogP contribution in [0.25, 0.3) is 0 Å². The van der Waals surface area contributed by atoms with Crippen LogP contribution in [0.1, 0.15) is 81.6 Å². The van der Waals surface area contributed by atoms with Gasteiger partial charge in [-0.05, 0) is 6.92 Å². The molecule has 0 aliphatic carbocycles. The second-order valence-corrected chi connectivity index (χ2v) is 2.12. The Balaban J connectivity index is -0.0000000249. The Hall–Kier alpha value is -0.260. The maximum Gasteiger partial charge on any atom is -0.0473 e. The van der Waals surface area contributed by atoms with Crippen molar-refractivity contribution in [1.82, 2.24) is 0 Å². The van der Waals surface area contributed by atoms with Gasteiger partial charge in [0.15, 0.2) is 0 Å². The van der Waals surface area contributed by atoms with Crippen LogP contribution >= 0.6 is 0 Å². The van der Waals surface area contributed by atoms with Gasteiger partial charge in [-0.25, -0.2) is 0 Å². The van der Waals surface area contributed by atoms with E-state index in [-0.39, 0.29) is 0 Å². The van der Waals surface area contributed by atoms with Gasteiger partial charge in [-0.2, -0.15) is 0 Å². The highest BCUT2D eigenvalue weighted by Crippen LogP contribution is 1.76. The molecular weight excluding hydrogens is 168 g/mol. The zero-order valence-corrected chi connectivity index (χ0v) is 12.4. The van der Waals surface area contributed by atoms with Crippen LogP contribution in [0.15, 0.2) is 12.7 Å². The first-order chi connectivity index (χ1) is 6.74. The number of allylic oxidation sites excluding steroid dienone is 1. The Kier molecular flexibility index (Phi) is 262. The highest BCUT2D eigenvalue weighted by atomic mass is 13.6. The molecule has 0 saturated carbocycles. The van der Waals surface area contributed by atoms with Crippen LogP contribution in [-0.2, 0) is 0 Å². The zero-order valence-electron chi connectivity index (χ0n) is 12.4. The average molecular weight is 204 g/mol. The van der Waals surface area contributed by atoms with Gasteiger partial charge in [-0.3, -0.25) is 0 Å². The summed E-state index contributed by atoms with van der Waals surface area (Å²) in [7, 11) is 0. The quantitative estimate of drug-likeness (QED) is 0.429. The van der Waals surface area contributed by atoms with Gasteiger partial charge < -0.3 is 0 Å². The minimum atomic E-state index is 1.25. The Morgan fingerprint density at radius 1 is 0.786 bits per heavy atom. The third-order valence-electron chi connectivity index (χ3n) is 0.500. The summed E-state index contributed by atoms with van der Waals surface area (Å²) in [6.07, 6.45) is 5.64. The van der Waals surface area contributed by atoms with E-state index in [0.29, 0.717) is 0 Å². The van der Waals surface area contributed by atoms with Crippen molar-refractivity contribution < 1.29 is 0 Å². The lowest BCUT2D eigenvalue weighted by Crippen LogP contribution is -1.47. The highest BCUT2D eigenvalue weighted by Gasteiger charge is 1.56. The van der Waals surface area contributed by atoms with E-state index < -0.39 is 0 Å². The minimum Gasteiger partial charge on any atom is -0.103 e. The van der Waals surface area contributed by atoms with Crippen LogP contribution < -0.4 is 0 Å². The molecule has 0 spiro atoms. The third kappa shape index (κ3) is 2470. The van der Waals surface area contributed by atoms with Crippen molar-refractivity contribution in [3.05, 3.63) is 12.7 Å². The minimum absolute atomic E-state index is 1.25. The molecule has 0 atom stereocenters. The van der Waals surface area contributed by atoms with Crippen molar-refractivity contribution in [2.45, 2.75) is 81.6 Å². The maximum atomic E-state index is 3.36. The van der Waals surface area contributed by atoms with Crippen LogP contribution in [0.4, 0.5) is 0 Å². The Bertz CT molecular complexity index is 27.0. The zero-order chi connectivity index (χ0) is 12.8. The monoisotopic (exact) mass is 204 g/mol. The average Bonchev–Trinajstić information content (AvgIpc) is 2.26. The van der Waals surface area contributed by atoms with E-state index in [2.05, 4.69) is 34.3 Å². The van der Waals surface area contributed by atoms with Crippen molar-refractivity contribution in [3.8, 4) is 0 Å². The second-order valence-electron chi connectivity index (χ2n) is 2.12. The first-order valence-corrected chi connectivity index (χ1v) is 6.31. The van der Waals surface area contributed by atoms with Crippen LogP contribution in [0.2, 0.25) is 0 Å². The lowest BCUT2D eigenvalue weighted by atomic mass is 10.4. The fourth-order valence-corrected chi connectivity index (χ4v) is 0. The molecule has 0 aromatic rings. The summed E-state index contributed by atoms with van der Waals surface area (Å²) in [4.78, 5) is 0. The van der Waals surface area contributed by atoms with Crippen LogP contribution in [0.5, 0.6) is 0 Å². The number of unbranched alkanes of at least 4 members (excludes halogenated alkanes) is 1. The molecule has 0 aromatic carbocycles. The maximum absolute atomic E-state index is 3.36. The van der Waals surface area contributed by atoms with Crippen molar-refractivity contribution >= 4 is 0 Å². The molecule has 0 amide bonds. The van der Waals surface area contributed by atoms with Crippen molar-refractivity contribution in [2.75, 3.05) is 0 Å². The molecule has 0 radical (unpaired) electrons. The van der Waals surface area contributed by atoms with Gasteiger partial charge in [-0.15, -0.1) is 6.58 Å². The molecule has 0 N–H and O–H groups in total. The van der Waals surface area contributed by atoms with Gasteiger partial charge in [0.05, 0.1) is 0 Å². The van der Waals surface area contributed by atoms with E-state index in [0.717, 1.165) is 0 Å². The van der Waals surface area contributed by atoms with Crippen LogP contribution in [0, 0.1) is 0 Å². The van der Waals surface area contributed by atoms with E-state index in [1.54, 1.807) is 6.08 Å². The molecule has 14 heavy (non-hydrogen) atoms. The van der Waals surface area contributed by atoms with Gasteiger partial charge >= 0.3 is 0 Å². The molecule has 0 aromatic heterocycles. The van der Waals surface area contributed by atoms with E-state index in [1.165, 1.54) is 19.3 Å². The smallest absolute Gasteiger partial charge is 0.0473 e. The molecule has 92 valence electrons. The summed E-state index contributed by atoms with van der Waals surface area (Å²) in [6, 6.07) is 0. The Morgan fingerprint density at radius 2 is 0.857 bits per heavy atom. The molecule has 0 heterocycles. The molecule has 0 aliphatic heterocycles. The molecule has 0 aliphatic rings. The first-order valence-electron chi connectivity index (χ1n) is 6.31. The number of hydrogen-bond donors (Lipinski definition) is 0. The van der Waals surface area contributed by atoms with Crippen LogP contribution in [0.3, 0.4) is 0 Å². The fourth-order valence-electron chi connectivity index (χ4n) is 0. The van der Waals surface area contributed by atoms with E-state index in [9.17, 15) is 0 Å². The SMILES string of the molecule is C=CC.CC.CC.CCC.CCCC. The molecule has 0 saturated heterocycles. The second kappa shape index (κ2) is 126. The Morgan fingerprint density at radius 3 is 0.857 bits per heavy atom. The van der Waals surface area contributed by atoms with Crippen LogP contribution in [-0.4, -0.2) is 0 Å². The predicted octanol–water partition coefficient (Wildman–Crippen LogP) is 6.47. The lowest BCUT2D eigenvalue weighted by Gasteiger charge is -1.68. The normalized spacial score (nSPS) is 5.21. The van der Waals surface area contributed by atoms with E-state index >= 15 is 0 Å². The highest BCUT2D eigenvalue weighted by molar-refractivity contribution is 4.51. The van der Waals surface area contributed by atoms with Crippen molar-refractivity contribution in [2.24, 2.45) is 0 Å². The molecule has 0 fully saturated rings. The van der Waals surface area contributed by atoms with Gasteiger partial charge in [0.25, 0.3) is 0 Å². The molecule has 0 unspecified atom stereocenters. The predicted molar refractivity (Wildman–Crippen MR) is 75.1 cm³/mol. The van der Waals surface area contributed by atoms with Gasteiger partial charge in [0.2, 0.25) is 0 Å². The summed E-state index contributed by atoms with van der Waals surface area (Å²) in [6.45, 7) is 21.9. The summed E-state index contributed by atoms with van der Waals surface area (Å²) >= 11 is 0. The summed E-state index contributed by atoms with van der Waals surface area (Å²) in [5.74, 6) is 0. The van der Waals surface area contributed by atoms with Crippen molar-refractivity contribution in [3.63, 3.8) is 0 Å². The Labute approximate surface area is 94.8 Å². The lowest BCUT2D eigenvalue weighted by molar-refractivity contribution is 0.886. The van der Waals surface area contributed by atoms with Gasteiger partial charge in [-0.1, -0.05) is 80.7 Å². The van der Waals surface area contributed by atoms with E-state index in [4.69, 9.17) is 0 Å². The van der Waals surface area contributed by atoms with Gasteiger partial charge in [0.1, 0.15) is 0 Å². The van der Waals surface area contributed by atoms with E-state index in [1.807, 2.05) is 34.6 Å². The summed E-state index contributed by atoms with van der Waals surface area (Å²) < 4.78 is 0. The summed E-state index contributed by atoms with van der Waals surface area (Å²) in [5, 5.41) is 0. The summed E-state index contributed by atoms with van der Waals surface area (Å²) in [5.41, 5.74) is 0. The standard InChI is InChI=1S/C4H10.C3H8.C3H6.2C2H6/c1-3-4-2;2*1-3-2;2*1-2/h3-4H2,1-2H3;3H2,1-2H3;3H,1H2,2H3;2*1-2H3. The largest absolute Gasteiger partial charge is 0.103 e. The number of rotatable bonds is 1.